The van der Waals surface area contributed by atoms with E-state index in [-0.39, 0.29) is 0 Å². The third kappa shape index (κ3) is 2.83. The quantitative estimate of drug-likeness (QED) is 0.757. The van der Waals surface area contributed by atoms with Crippen molar-refractivity contribution >= 4 is 0 Å². The average molecular weight is 240 g/mol. The van der Waals surface area contributed by atoms with Crippen LogP contribution < -0.4 is 5.32 Å². The van der Waals surface area contributed by atoms with Crippen LogP contribution in [0.15, 0.2) is 0 Å². The fourth-order valence-electron chi connectivity index (χ4n) is 3.08. The summed E-state index contributed by atoms with van der Waals surface area (Å²) in [5.41, 5.74) is 0.334. The van der Waals surface area contributed by atoms with Gasteiger partial charge in [-0.3, -0.25) is 4.90 Å². The Hall–Kier alpha value is -0.120. The van der Waals surface area contributed by atoms with Gasteiger partial charge in [-0.25, -0.2) is 0 Å². The second-order valence-corrected chi connectivity index (χ2v) is 6.80. The fourth-order valence-corrected chi connectivity index (χ4v) is 3.08. The zero-order chi connectivity index (χ0) is 12.6. The molecular weight excluding hydrogens is 212 g/mol. The van der Waals surface area contributed by atoms with Gasteiger partial charge < -0.3 is 10.1 Å². The number of nitrogens with zero attached hydrogens (tertiary/aromatic N) is 1. The van der Waals surface area contributed by atoms with Gasteiger partial charge >= 0.3 is 0 Å². The Morgan fingerprint density at radius 2 is 1.94 bits per heavy atom. The number of hydrogen-bond donors (Lipinski definition) is 1. The molecule has 2 aliphatic rings. The van der Waals surface area contributed by atoms with Crippen molar-refractivity contribution in [2.45, 2.75) is 65.3 Å². The van der Waals surface area contributed by atoms with E-state index in [2.05, 4.69) is 44.8 Å². The summed E-state index contributed by atoms with van der Waals surface area (Å²) in [6.07, 6.45) is 1.60. The number of ether oxygens (including phenoxy) is 1. The van der Waals surface area contributed by atoms with E-state index in [1.807, 2.05) is 0 Å². The summed E-state index contributed by atoms with van der Waals surface area (Å²) in [5.74, 6) is 0. The minimum Gasteiger partial charge on any atom is -0.377 e. The second kappa shape index (κ2) is 4.87. The average Bonchev–Trinajstić information content (AvgIpc) is 2.63. The van der Waals surface area contributed by atoms with Crippen LogP contribution in [0, 0.1) is 5.41 Å². The van der Waals surface area contributed by atoms with E-state index < -0.39 is 0 Å². The van der Waals surface area contributed by atoms with Crippen molar-refractivity contribution in [3.8, 4) is 0 Å². The SMILES string of the molecule is CC1OCCC1N1CC(C(C)(C)C)NCC1C. The number of hydrogen-bond acceptors (Lipinski definition) is 3. The van der Waals surface area contributed by atoms with Gasteiger partial charge in [-0.2, -0.15) is 0 Å². The maximum absolute atomic E-state index is 5.73. The Balaban J connectivity index is 2.04. The molecule has 100 valence electrons. The molecule has 2 rings (SSSR count). The minimum atomic E-state index is 0.334. The van der Waals surface area contributed by atoms with Crippen molar-refractivity contribution in [2.75, 3.05) is 19.7 Å². The predicted octanol–water partition coefficient (Wildman–Crippen LogP) is 1.87. The zero-order valence-electron chi connectivity index (χ0n) is 12.0. The van der Waals surface area contributed by atoms with E-state index >= 15 is 0 Å². The van der Waals surface area contributed by atoms with E-state index in [9.17, 15) is 0 Å². The first-order chi connectivity index (χ1) is 7.89. The highest BCUT2D eigenvalue weighted by Crippen LogP contribution is 2.28. The summed E-state index contributed by atoms with van der Waals surface area (Å²) >= 11 is 0. The van der Waals surface area contributed by atoms with Crippen LogP contribution in [0.4, 0.5) is 0 Å². The topological polar surface area (TPSA) is 24.5 Å². The molecule has 0 radical (unpaired) electrons. The predicted molar refractivity (Wildman–Crippen MR) is 71.2 cm³/mol. The molecule has 2 heterocycles. The van der Waals surface area contributed by atoms with Gasteiger partial charge in [-0.05, 0) is 25.7 Å². The molecular formula is C14H28N2O. The molecule has 0 aromatic carbocycles. The molecule has 0 spiro atoms. The van der Waals surface area contributed by atoms with Gasteiger partial charge in [0.25, 0.3) is 0 Å². The Morgan fingerprint density at radius 1 is 1.24 bits per heavy atom. The van der Waals surface area contributed by atoms with Gasteiger partial charge in [0.05, 0.1) is 6.10 Å². The van der Waals surface area contributed by atoms with E-state index in [4.69, 9.17) is 4.74 Å². The lowest BCUT2D eigenvalue weighted by Gasteiger charge is -2.47. The van der Waals surface area contributed by atoms with Crippen LogP contribution in [0.1, 0.15) is 41.0 Å². The van der Waals surface area contributed by atoms with Crippen molar-refractivity contribution < 1.29 is 4.74 Å². The molecule has 0 aromatic rings. The minimum absolute atomic E-state index is 0.334. The summed E-state index contributed by atoms with van der Waals surface area (Å²) in [5, 5.41) is 3.69. The van der Waals surface area contributed by atoms with Crippen LogP contribution in [-0.2, 0) is 4.74 Å². The molecule has 2 fully saturated rings. The first-order valence-corrected chi connectivity index (χ1v) is 7.00. The van der Waals surface area contributed by atoms with Crippen LogP contribution >= 0.6 is 0 Å². The molecule has 1 N–H and O–H groups in total. The molecule has 2 aliphatic heterocycles. The van der Waals surface area contributed by atoms with Gasteiger partial charge in [0.1, 0.15) is 0 Å². The molecule has 0 aliphatic carbocycles. The molecule has 3 heteroatoms. The molecule has 0 saturated carbocycles. The molecule has 2 saturated heterocycles. The van der Waals surface area contributed by atoms with Crippen molar-refractivity contribution in [3.05, 3.63) is 0 Å². The lowest BCUT2D eigenvalue weighted by Crippen LogP contribution is -2.62. The van der Waals surface area contributed by atoms with Crippen molar-refractivity contribution in [2.24, 2.45) is 5.41 Å². The van der Waals surface area contributed by atoms with E-state index in [1.165, 1.54) is 6.42 Å². The highest BCUT2D eigenvalue weighted by Gasteiger charge is 2.39. The van der Waals surface area contributed by atoms with E-state index in [0.29, 0.717) is 29.6 Å². The maximum Gasteiger partial charge on any atom is 0.0703 e. The molecule has 0 aromatic heterocycles. The van der Waals surface area contributed by atoms with Crippen molar-refractivity contribution in [1.29, 1.82) is 0 Å². The summed E-state index contributed by atoms with van der Waals surface area (Å²) < 4.78 is 5.73. The molecule has 0 bridgehead atoms. The van der Waals surface area contributed by atoms with Gasteiger partial charge in [-0.1, -0.05) is 20.8 Å². The van der Waals surface area contributed by atoms with Gasteiger partial charge in [0.15, 0.2) is 0 Å². The zero-order valence-corrected chi connectivity index (χ0v) is 12.0. The first-order valence-electron chi connectivity index (χ1n) is 7.00. The number of rotatable bonds is 1. The van der Waals surface area contributed by atoms with Gasteiger partial charge in [-0.15, -0.1) is 0 Å². The molecule has 0 amide bonds. The van der Waals surface area contributed by atoms with Gasteiger partial charge in [0, 0.05) is 37.8 Å². The Labute approximate surface area is 106 Å². The van der Waals surface area contributed by atoms with Crippen LogP contribution in [0.3, 0.4) is 0 Å². The number of piperazine rings is 1. The van der Waals surface area contributed by atoms with Crippen molar-refractivity contribution in [1.82, 2.24) is 10.2 Å². The Kier molecular flexibility index (Phi) is 3.81. The van der Waals surface area contributed by atoms with Crippen LogP contribution in [0.5, 0.6) is 0 Å². The monoisotopic (exact) mass is 240 g/mol. The third-order valence-electron chi connectivity index (χ3n) is 4.43. The molecule has 4 atom stereocenters. The normalized spacial score (nSPS) is 40.8. The largest absolute Gasteiger partial charge is 0.377 e. The van der Waals surface area contributed by atoms with Crippen LogP contribution in [0.25, 0.3) is 0 Å². The maximum atomic E-state index is 5.73. The fraction of sp³-hybridized carbons (Fsp3) is 1.00. The molecule has 3 nitrogen and oxygen atoms in total. The standard InChI is InChI=1S/C14H28N2O/c1-10-8-15-13(14(3,4)5)9-16(10)12-6-7-17-11(12)2/h10-13,15H,6-9H2,1-5H3. The summed E-state index contributed by atoms with van der Waals surface area (Å²) in [4.78, 5) is 2.67. The molecule has 17 heavy (non-hydrogen) atoms. The van der Waals surface area contributed by atoms with Gasteiger partial charge in [0.2, 0.25) is 0 Å². The lowest BCUT2D eigenvalue weighted by atomic mass is 9.84. The second-order valence-electron chi connectivity index (χ2n) is 6.80. The Bertz CT molecular complexity index is 261. The molecule has 4 unspecified atom stereocenters. The third-order valence-corrected chi connectivity index (χ3v) is 4.43. The smallest absolute Gasteiger partial charge is 0.0703 e. The summed E-state index contributed by atoms with van der Waals surface area (Å²) in [6, 6.07) is 1.84. The van der Waals surface area contributed by atoms with Crippen LogP contribution in [0.2, 0.25) is 0 Å². The highest BCUT2D eigenvalue weighted by atomic mass is 16.5. The van der Waals surface area contributed by atoms with E-state index in [1.54, 1.807) is 0 Å². The Morgan fingerprint density at radius 3 is 2.47 bits per heavy atom. The van der Waals surface area contributed by atoms with Crippen molar-refractivity contribution in [3.63, 3.8) is 0 Å². The van der Waals surface area contributed by atoms with Crippen LogP contribution in [-0.4, -0.2) is 48.8 Å². The highest BCUT2D eigenvalue weighted by molar-refractivity contribution is 4.95. The van der Waals surface area contributed by atoms with E-state index in [0.717, 1.165) is 19.7 Å². The first kappa shape index (κ1) is 13.3. The summed E-state index contributed by atoms with van der Waals surface area (Å²) in [6.45, 7) is 14.7. The summed E-state index contributed by atoms with van der Waals surface area (Å²) in [7, 11) is 0. The lowest BCUT2D eigenvalue weighted by molar-refractivity contribution is 0.0201. The number of nitrogens with one attached hydrogen (secondary N) is 1.